The molecule has 1 aliphatic heterocycles. The second kappa shape index (κ2) is 5.21. The highest BCUT2D eigenvalue weighted by atomic mass is 35.5. The molecule has 20 heavy (non-hydrogen) atoms. The summed E-state index contributed by atoms with van der Waals surface area (Å²) in [5, 5.41) is 0.339. The van der Waals surface area contributed by atoms with Crippen molar-refractivity contribution in [3.8, 4) is 0 Å². The molecule has 0 atom stereocenters. The van der Waals surface area contributed by atoms with E-state index in [9.17, 15) is 9.18 Å². The van der Waals surface area contributed by atoms with Crippen LogP contribution in [0.5, 0.6) is 0 Å². The lowest BCUT2D eigenvalue weighted by molar-refractivity contribution is 0.0984. The van der Waals surface area contributed by atoms with Gasteiger partial charge in [0.2, 0.25) is 0 Å². The zero-order valence-electron chi connectivity index (χ0n) is 10.6. The molecular weight excluding hydrogens is 279 g/mol. The van der Waals surface area contributed by atoms with Crippen molar-refractivity contribution >= 4 is 23.2 Å². The average Bonchev–Trinajstić information content (AvgIpc) is 2.46. The molecule has 1 aromatic carbocycles. The van der Waals surface area contributed by atoms with Crippen molar-refractivity contribution in [3.63, 3.8) is 0 Å². The second-order valence-corrected chi connectivity index (χ2v) is 5.09. The van der Waals surface area contributed by atoms with Gasteiger partial charge in [0.05, 0.1) is 11.3 Å². The molecule has 0 radical (unpaired) electrons. The van der Waals surface area contributed by atoms with Crippen molar-refractivity contribution in [2.24, 2.45) is 0 Å². The van der Waals surface area contributed by atoms with Gasteiger partial charge >= 0.3 is 0 Å². The Morgan fingerprint density at radius 2 is 2.15 bits per heavy atom. The van der Waals surface area contributed by atoms with Crippen LogP contribution in [0.1, 0.15) is 22.3 Å². The number of amides is 1. The summed E-state index contributed by atoms with van der Waals surface area (Å²) in [5.74, 6) is -0.515. The molecule has 0 unspecified atom stereocenters. The van der Waals surface area contributed by atoms with Crippen LogP contribution in [0.2, 0.25) is 5.15 Å². The lowest BCUT2D eigenvalue weighted by atomic mass is 10.0. The lowest BCUT2D eigenvalue weighted by Crippen LogP contribution is -2.35. The molecule has 1 aromatic heterocycles. The maximum Gasteiger partial charge on any atom is 0.259 e. The number of benzene rings is 1. The van der Waals surface area contributed by atoms with Crippen LogP contribution in [0.4, 0.5) is 10.1 Å². The zero-order valence-corrected chi connectivity index (χ0v) is 11.4. The number of hydrogen-bond donors (Lipinski definition) is 0. The summed E-state index contributed by atoms with van der Waals surface area (Å²) >= 11 is 5.72. The smallest absolute Gasteiger partial charge is 0.259 e. The molecule has 0 fully saturated rings. The Kier molecular flexibility index (Phi) is 3.40. The predicted molar refractivity (Wildman–Crippen MR) is 75.6 cm³/mol. The highest BCUT2D eigenvalue weighted by Crippen LogP contribution is 2.29. The Balaban J connectivity index is 1.97. The Morgan fingerprint density at radius 1 is 1.30 bits per heavy atom. The summed E-state index contributed by atoms with van der Waals surface area (Å²) in [4.78, 5) is 18.0. The maximum absolute atomic E-state index is 13.4. The van der Waals surface area contributed by atoms with E-state index in [0.717, 1.165) is 18.4 Å². The largest absolute Gasteiger partial charge is 0.308 e. The van der Waals surface area contributed by atoms with Gasteiger partial charge in [0, 0.05) is 12.7 Å². The van der Waals surface area contributed by atoms with E-state index in [1.54, 1.807) is 23.1 Å². The van der Waals surface area contributed by atoms with Crippen molar-refractivity contribution in [2.45, 2.75) is 12.8 Å². The molecule has 2 aromatic rings. The van der Waals surface area contributed by atoms with Gasteiger partial charge in [-0.05, 0) is 42.7 Å². The van der Waals surface area contributed by atoms with Crippen LogP contribution >= 0.6 is 11.6 Å². The number of rotatable bonds is 1. The number of aromatic nitrogens is 1. The van der Waals surface area contributed by atoms with Crippen molar-refractivity contribution in [1.82, 2.24) is 4.98 Å². The van der Waals surface area contributed by atoms with Crippen LogP contribution in [0, 0.1) is 5.82 Å². The van der Waals surface area contributed by atoms with Crippen molar-refractivity contribution in [3.05, 3.63) is 58.6 Å². The molecule has 5 heteroatoms. The molecule has 0 saturated heterocycles. The summed E-state index contributed by atoms with van der Waals surface area (Å²) in [6.07, 6.45) is 3.17. The fraction of sp³-hybridized carbons (Fsp3) is 0.200. The van der Waals surface area contributed by atoms with Gasteiger partial charge in [0.15, 0.2) is 0 Å². The van der Waals surface area contributed by atoms with Gasteiger partial charge in [-0.3, -0.25) is 4.79 Å². The molecule has 2 heterocycles. The summed E-state index contributed by atoms with van der Waals surface area (Å²) in [5.41, 5.74) is 2.09. The van der Waals surface area contributed by atoms with E-state index >= 15 is 0 Å². The second-order valence-electron chi connectivity index (χ2n) is 4.70. The van der Waals surface area contributed by atoms with Crippen LogP contribution in [-0.2, 0) is 6.42 Å². The molecule has 0 bridgehead atoms. The molecule has 102 valence electrons. The normalized spacial score (nSPS) is 14.0. The quantitative estimate of drug-likeness (QED) is 0.754. The fourth-order valence-electron chi connectivity index (χ4n) is 2.42. The topological polar surface area (TPSA) is 33.2 Å². The molecular formula is C15H12ClFN2O. The van der Waals surface area contributed by atoms with Crippen LogP contribution in [-0.4, -0.2) is 17.4 Å². The Bertz CT molecular complexity index is 657. The number of anilines is 1. The van der Waals surface area contributed by atoms with Crippen LogP contribution < -0.4 is 4.90 Å². The van der Waals surface area contributed by atoms with E-state index in [1.165, 1.54) is 18.3 Å². The Hall–Kier alpha value is -1.94. The van der Waals surface area contributed by atoms with Gasteiger partial charge in [-0.1, -0.05) is 17.7 Å². The monoisotopic (exact) mass is 290 g/mol. The number of pyridine rings is 1. The third kappa shape index (κ3) is 2.39. The van der Waals surface area contributed by atoms with Crippen LogP contribution in [0.25, 0.3) is 0 Å². The number of halogens is 2. The van der Waals surface area contributed by atoms with E-state index in [1.807, 2.05) is 0 Å². The number of aryl methyl sites for hydroxylation is 1. The van der Waals surface area contributed by atoms with E-state index in [4.69, 9.17) is 11.6 Å². The summed E-state index contributed by atoms with van der Waals surface area (Å²) in [6, 6.07) is 7.78. The number of carbonyl (C=O) groups is 1. The minimum absolute atomic E-state index is 0.180. The Morgan fingerprint density at radius 3 is 2.90 bits per heavy atom. The van der Waals surface area contributed by atoms with E-state index in [-0.39, 0.29) is 11.7 Å². The minimum atomic E-state index is -0.335. The third-order valence-electron chi connectivity index (χ3n) is 3.39. The molecule has 0 aliphatic carbocycles. The lowest BCUT2D eigenvalue weighted by Gasteiger charge is -2.29. The van der Waals surface area contributed by atoms with Gasteiger partial charge in [-0.15, -0.1) is 0 Å². The first-order valence-electron chi connectivity index (χ1n) is 6.37. The molecule has 1 amide bonds. The highest BCUT2D eigenvalue weighted by molar-refractivity contribution is 6.29. The predicted octanol–water partition coefficient (Wildman–Crippen LogP) is 3.47. The standard InChI is InChI=1S/C15H12ClFN2O/c16-14-6-4-11(9-18-14)15(20)19-7-1-2-10-3-5-12(17)8-13(10)19/h3-6,8-9H,1-2,7H2. The van der Waals surface area contributed by atoms with Gasteiger partial charge < -0.3 is 4.90 Å². The molecule has 0 N–H and O–H groups in total. The minimum Gasteiger partial charge on any atom is -0.308 e. The third-order valence-corrected chi connectivity index (χ3v) is 3.61. The summed E-state index contributed by atoms with van der Waals surface area (Å²) < 4.78 is 13.4. The molecule has 1 aliphatic rings. The van der Waals surface area contributed by atoms with Gasteiger partial charge in [-0.2, -0.15) is 0 Å². The average molecular weight is 291 g/mol. The number of nitrogens with zero attached hydrogens (tertiary/aromatic N) is 2. The number of hydrogen-bond acceptors (Lipinski definition) is 2. The van der Waals surface area contributed by atoms with Crippen LogP contribution in [0.3, 0.4) is 0 Å². The van der Waals surface area contributed by atoms with Gasteiger partial charge in [-0.25, -0.2) is 9.37 Å². The first kappa shape index (κ1) is 13.1. The first-order valence-corrected chi connectivity index (χ1v) is 6.75. The van der Waals surface area contributed by atoms with Gasteiger partial charge in [0.1, 0.15) is 11.0 Å². The van der Waals surface area contributed by atoms with E-state index in [0.29, 0.717) is 22.9 Å². The number of carbonyl (C=O) groups excluding carboxylic acids is 1. The summed E-state index contributed by atoms with van der Waals surface area (Å²) in [6.45, 7) is 0.581. The zero-order chi connectivity index (χ0) is 14.1. The van der Waals surface area contributed by atoms with Crippen LogP contribution in [0.15, 0.2) is 36.5 Å². The molecule has 3 nitrogen and oxygen atoms in total. The Labute approximate surface area is 121 Å². The van der Waals surface area contributed by atoms with Crippen molar-refractivity contribution in [1.29, 1.82) is 0 Å². The number of fused-ring (bicyclic) bond motifs is 1. The molecule has 0 spiro atoms. The van der Waals surface area contributed by atoms with E-state index < -0.39 is 0 Å². The van der Waals surface area contributed by atoms with Crippen molar-refractivity contribution < 1.29 is 9.18 Å². The highest BCUT2D eigenvalue weighted by Gasteiger charge is 2.24. The SMILES string of the molecule is O=C(c1ccc(Cl)nc1)N1CCCc2ccc(F)cc21. The maximum atomic E-state index is 13.4. The molecule has 3 rings (SSSR count). The first-order chi connectivity index (χ1) is 9.65. The fourth-order valence-corrected chi connectivity index (χ4v) is 2.53. The van der Waals surface area contributed by atoms with E-state index in [2.05, 4.69) is 4.98 Å². The van der Waals surface area contributed by atoms with Gasteiger partial charge in [0.25, 0.3) is 5.91 Å². The molecule has 0 saturated carbocycles. The summed E-state index contributed by atoms with van der Waals surface area (Å²) in [7, 11) is 0. The van der Waals surface area contributed by atoms with Crippen molar-refractivity contribution in [2.75, 3.05) is 11.4 Å².